The molecule has 0 saturated heterocycles. The molecule has 2 aromatic carbocycles. The number of hydrogen-bond donors (Lipinski definition) is 3. The number of rotatable bonds is 5. The zero-order chi connectivity index (χ0) is 19.9. The summed E-state index contributed by atoms with van der Waals surface area (Å²) in [7, 11) is 0. The van der Waals surface area contributed by atoms with Crippen LogP contribution in [0.4, 0.5) is 10.1 Å². The second-order valence-corrected chi connectivity index (χ2v) is 6.39. The monoisotopic (exact) mass is 399 g/mol. The fraction of sp³-hybridized carbons (Fsp3) is 0.158. The molecule has 0 spiro atoms. The lowest BCUT2D eigenvalue weighted by molar-refractivity contribution is -0.121. The van der Waals surface area contributed by atoms with Gasteiger partial charge in [0.2, 0.25) is 17.6 Å². The molecule has 3 N–H and O–H groups in total. The molecular weight excluding hydrogens is 381 g/mol. The highest BCUT2D eigenvalue weighted by Crippen LogP contribution is 2.16. The van der Waals surface area contributed by atoms with Gasteiger partial charge in [0, 0.05) is 18.4 Å². The number of thiocarbonyl (C=S) groups is 1. The maximum Gasteiger partial charge on any atom is 0.238 e. The van der Waals surface area contributed by atoms with Crippen LogP contribution in [0.5, 0.6) is 0 Å². The molecule has 0 aliphatic heterocycles. The van der Waals surface area contributed by atoms with Gasteiger partial charge in [-0.3, -0.25) is 15.6 Å². The van der Waals surface area contributed by atoms with E-state index in [1.165, 1.54) is 12.1 Å². The van der Waals surface area contributed by atoms with Gasteiger partial charge in [0.25, 0.3) is 0 Å². The molecule has 0 aliphatic rings. The summed E-state index contributed by atoms with van der Waals surface area (Å²) in [5.74, 6) is 0.0631. The van der Waals surface area contributed by atoms with Gasteiger partial charge in [-0.25, -0.2) is 4.39 Å². The number of hydrazine groups is 1. The van der Waals surface area contributed by atoms with Crippen molar-refractivity contribution in [2.45, 2.75) is 19.8 Å². The Hall–Kier alpha value is -3.33. The Kier molecular flexibility index (Phi) is 6.28. The van der Waals surface area contributed by atoms with Crippen molar-refractivity contribution in [3.63, 3.8) is 0 Å². The summed E-state index contributed by atoms with van der Waals surface area (Å²) < 4.78 is 18.7. The third-order valence-corrected chi connectivity index (χ3v) is 3.99. The van der Waals surface area contributed by atoms with Crippen molar-refractivity contribution in [3.05, 3.63) is 65.8 Å². The second kappa shape index (κ2) is 9.05. The first-order valence-corrected chi connectivity index (χ1v) is 8.92. The third kappa shape index (κ3) is 5.34. The Balaban J connectivity index is 1.44. The minimum atomic E-state index is -0.446. The van der Waals surface area contributed by atoms with Crippen LogP contribution >= 0.6 is 12.2 Å². The molecule has 0 radical (unpaired) electrons. The quantitative estimate of drug-likeness (QED) is 0.448. The summed E-state index contributed by atoms with van der Waals surface area (Å²) in [6.45, 7) is 2.00. The smallest absolute Gasteiger partial charge is 0.238 e. The molecule has 3 rings (SSSR count). The van der Waals surface area contributed by atoms with Crippen LogP contribution in [-0.4, -0.2) is 21.2 Å². The molecule has 0 bridgehead atoms. The summed E-state index contributed by atoms with van der Waals surface area (Å²) in [6, 6.07) is 13.8. The lowest BCUT2D eigenvalue weighted by atomic mass is 10.1. The van der Waals surface area contributed by atoms with Gasteiger partial charge in [0.1, 0.15) is 5.82 Å². The number of nitrogens with one attached hydrogen (secondary N) is 3. The van der Waals surface area contributed by atoms with E-state index in [1.54, 1.807) is 12.1 Å². The van der Waals surface area contributed by atoms with Crippen LogP contribution in [0.2, 0.25) is 0 Å². The van der Waals surface area contributed by atoms with Crippen LogP contribution in [0.3, 0.4) is 0 Å². The molecular formula is C19H18FN5O2S. The Morgan fingerprint density at radius 3 is 2.64 bits per heavy atom. The average Bonchev–Trinajstić information content (AvgIpc) is 3.16. The number of benzene rings is 2. The summed E-state index contributed by atoms with van der Waals surface area (Å²) in [5, 5.41) is 6.65. The number of nitrogens with zero attached hydrogens (tertiary/aromatic N) is 2. The summed E-state index contributed by atoms with van der Waals surface area (Å²) >= 11 is 5.01. The number of aryl methyl sites for hydroxylation is 2. The van der Waals surface area contributed by atoms with E-state index in [2.05, 4.69) is 26.3 Å². The van der Waals surface area contributed by atoms with E-state index in [1.807, 2.05) is 31.2 Å². The Labute approximate surface area is 166 Å². The molecule has 1 amide bonds. The van der Waals surface area contributed by atoms with Crippen molar-refractivity contribution in [2.75, 3.05) is 5.32 Å². The van der Waals surface area contributed by atoms with E-state index in [-0.39, 0.29) is 29.5 Å². The Morgan fingerprint density at radius 1 is 1.14 bits per heavy atom. The van der Waals surface area contributed by atoms with E-state index in [0.717, 1.165) is 11.1 Å². The average molecular weight is 399 g/mol. The van der Waals surface area contributed by atoms with Gasteiger partial charge in [-0.1, -0.05) is 47.1 Å². The van der Waals surface area contributed by atoms with Crippen LogP contribution in [-0.2, 0) is 11.2 Å². The molecule has 1 heterocycles. The zero-order valence-corrected chi connectivity index (χ0v) is 15.8. The highest BCUT2D eigenvalue weighted by Gasteiger charge is 2.11. The lowest BCUT2D eigenvalue weighted by Crippen LogP contribution is -2.43. The largest absolute Gasteiger partial charge is 0.339 e. The van der Waals surface area contributed by atoms with Crippen molar-refractivity contribution in [1.29, 1.82) is 0 Å². The predicted molar refractivity (Wildman–Crippen MR) is 107 cm³/mol. The van der Waals surface area contributed by atoms with Crippen LogP contribution in [0.1, 0.15) is 17.9 Å². The first-order chi connectivity index (χ1) is 13.5. The van der Waals surface area contributed by atoms with Gasteiger partial charge in [-0.2, -0.15) is 4.98 Å². The van der Waals surface area contributed by atoms with Gasteiger partial charge in [-0.05, 0) is 31.3 Å². The molecule has 0 saturated carbocycles. The highest BCUT2D eigenvalue weighted by molar-refractivity contribution is 7.80. The molecule has 0 fully saturated rings. The first kappa shape index (κ1) is 19.4. The summed E-state index contributed by atoms with van der Waals surface area (Å²) in [5.41, 5.74) is 7.14. The molecule has 0 atom stereocenters. The van der Waals surface area contributed by atoms with E-state index < -0.39 is 5.82 Å². The fourth-order valence-corrected chi connectivity index (χ4v) is 2.46. The molecule has 1 aromatic heterocycles. The van der Waals surface area contributed by atoms with Crippen molar-refractivity contribution >= 4 is 28.9 Å². The van der Waals surface area contributed by atoms with Gasteiger partial charge < -0.3 is 9.84 Å². The Morgan fingerprint density at radius 2 is 1.89 bits per heavy atom. The first-order valence-electron chi connectivity index (χ1n) is 8.51. The minimum absolute atomic E-state index is 0.0675. The minimum Gasteiger partial charge on any atom is -0.339 e. The van der Waals surface area contributed by atoms with Crippen molar-refractivity contribution in [3.8, 4) is 11.4 Å². The van der Waals surface area contributed by atoms with Crippen molar-refractivity contribution in [1.82, 2.24) is 21.0 Å². The van der Waals surface area contributed by atoms with E-state index in [4.69, 9.17) is 16.7 Å². The zero-order valence-electron chi connectivity index (χ0n) is 15.0. The third-order valence-electron chi connectivity index (χ3n) is 3.78. The number of aromatic nitrogens is 2. The maximum atomic E-state index is 13.5. The normalized spacial score (nSPS) is 10.4. The number of anilines is 1. The lowest BCUT2D eigenvalue weighted by Gasteiger charge is -2.11. The maximum absolute atomic E-state index is 13.5. The number of amides is 1. The Bertz CT molecular complexity index is 974. The van der Waals surface area contributed by atoms with E-state index in [9.17, 15) is 9.18 Å². The molecule has 0 unspecified atom stereocenters. The number of para-hydroxylation sites is 1. The molecule has 7 nitrogen and oxygen atoms in total. The van der Waals surface area contributed by atoms with Crippen LogP contribution in [0.15, 0.2) is 53.1 Å². The van der Waals surface area contributed by atoms with Crippen LogP contribution in [0.25, 0.3) is 11.4 Å². The van der Waals surface area contributed by atoms with Gasteiger partial charge in [-0.15, -0.1) is 0 Å². The van der Waals surface area contributed by atoms with Gasteiger partial charge in [0.15, 0.2) is 5.11 Å². The predicted octanol–water partition coefficient (Wildman–Crippen LogP) is 3.13. The standard InChI is InChI=1S/C19H18FN5O2S/c1-12-6-8-13(9-7-12)18-22-17(27-25-18)11-10-16(26)23-24-19(28)21-15-5-3-2-4-14(15)20/h2-9H,10-11H2,1H3,(H,23,26)(H2,21,24,28). The molecule has 9 heteroatoms. The van der Waals surface area contributed by atoms with Crippen molar-refractivity contribution in [2.24, 2.45) is 0 Å². The SMILES string of the molecule is Cc1ccc(-c2noc(CCC(=O)NNC(=S)Nc3ccccc3F)n2)cc1. The topological polar surface area (TPSA) is 92.1 Å². The summed E-state index contributed by atoms with van der Waals surface area (Å²) in [6.07, 6.45) is 0.394. The van der Waals surface area contributed by atoms with Gasteiger partial charge in [0.05, 0.1) is 5.69 Å². The molecule has 0 aliphatic carbocycles. The van der Waals surface area contributed by atoms with Crippen LogP contribution < -0.4 is 16.2 Å². The van der Waals surface area contributed by atoms with Gasteiger partial charge >= 0.3 is 0 Å². The highest BCUT2D eigenvalue weighted by atomic mass is 32.1. The fourth-order valence-electron chi connectivity index (χ4n) is 2.30. The number of carbonyl (C=O) groups excluding carboxylic acids is 1. The molecule has 3 aromatic rings. The number of hydrogen-bond acceptors (Lipinski definition) is 5. The second-order valence-electron chi connectivity index (χ2n) is 5.98. The van der Waals surface area contributed by atoms with Crippen molar-refractivity contribution < 1.29 is 13.7 Å². The van der Waals surface area contributed by atoms with E-state index in [0.29, 0.717) is 11.7 Å². The number of carbonyl (C=O) groups is 1. The summed E-state index contributed by atoms with van der Waals surface area (Å²) in [4.78, 5) is 16.2. The molecule has 144 valence electrons. The number of halogens is 1. The van der Waals surface area contributed by atoms with Crippen LogP contribution in [0, 0.1) is 12.7 Å². The molecule has 28 heavy (non-hydrogen) atoms. The van der Waals surface area contributed by atoms with E-state index >= 15 is 0 Å².